The molecule has 0 aromatic rings. The summed E-state index contributed by atoms with van der Waals surface area (Å²) in [7, 11) is 0. The van der Waals surface area contributed by atoms with Crippen LogP contribution in [0.25, 0.3) is 0 Å². The normalized spacial score (nSPS) is 24.6. The zero-order valence-electron chi connectivity index (χ0n) is 14.5. The minimum Gasteiger partial charge on any atom is -0.381 e. The monoisotopic (exact) mass is 296 g/mol. The van der Waals surface area contributed by atoms with Crippen molar-refractivity contribution in [3.63, 3.8) is 0 Å². The fourth-order valence-electron chi connectivity index (χ4n) is 3.85. The van der Waals surface area contributed by atoms with Gasteiger partial charge >= 0.3 is 0 Å². The minimum atomic E-state index is 0.451. The molecule has 0 amide bonds. The first-order valence-electron chi connectivity index (χ1n) is 9.14. The molecule has 3 nitrogen and oxygen atoms in total. The van der Waals surface area contributed by atoms with Crippen LogP contribution in [0, 0.1) is 17.3 Å². The number of rotatable bonds is 7. The maximum atomic E-state index is 5.63. The van der Waals surface area contributed by atoms with E-state index in [-0.39, 0.29) is 0 Å². The lowest BCUT2D eigenvalue weighted by Gasteiger charge is -2.43. The van der Waals surface area contributed by atoms with E-state index in [2.05, 4.69) is 31.0 Å². The van der Waals surface area contributed by atoms with Gasteiger partial charge in [0.15, 0.2) is 0 Å². The molecule has 0 atom stereocenters. The second-order valence-corrected chi connectivity index (χ2v) is 7.76. The first-order chi connectivity index (χ1) is 10.1. The van der Waals surface area contributed by atoms with Crippen LogP contribution in [-0.4, -0.2) is 50.8 Å². The van der Waals surface area contributed by atoms with Crippen molar-refractivity contribution < 1.29 is 4.74 Å². The molecule has 3 heteroatoms. The van der Waals surface area contributed by atoms with Crippen LogP contribution in [0.2, 0.25) is 0 Å². The lowest BCUT2D eigenvalue weighted by atomic mass is 9.78. The molecule has 2 aliphatic rings. The third-order valence-electron chi connectivity index (χ3n) is 5.45. The molecule has 0 unspecified atom stereocenters. The molecular formula is C18H36N2O. The van der Waals surface area contributed by atoms with Gasteiger partial charge in [0.2, 0.25) is 0 Å². The molecule has 0 aromatic heterocycles. The van der Waals surface area contributed by atoms with E-state index in [1.807, 2.05) is 0 Å². The highest BCUT2D eigenvalue weighted by Gasteiger charge is 2.35. The van der Waals surface area contributed by atoms with E-state index in [0.717, 1.165) is 31.6 Å². The minimum absolute atomic E-state index is 0.451. The van der Waals surface area contributed by atoms with Gasteiger partial charge in [0.1, 0.15) is 0 Å². The fourth-order valence-corrected chi connectivity index (χ4v) is 3.85. The Balaban J connectivity index is 1.84. The summed E-state index contributed by atoms with van der Waals surface area (Å²) >= 11 is 0. The lowest BCUT2D eigenvalue weighted by Crippen LogP contribution is -2.49. The Morgan fingerprint density at radius 1 is 1.19 bits per heavy atom. The average molecular weight is 296 g/mol. The largest absolute Gasteiger partial charge is 0.381 e. The summed E-state index contributed by atoms with van der Waals surface area (Å²) in [6.45, 7) is 15.0. The summed E-state index contributed by atoms with van der Waals surface area (Å²) in [6, 6.07) is 0. The molecule has 2 rings (SSSR count). The third-order valence-corrected chi connectivity index (χ3v) is 5.45. The van der Waals surface area contributed by atoms with Crippen LogP contribution in [-0.2, 0) is 4.74 Å². The molecule has 2 fully saturated rings. The van der Waals surface area contributed by atoms with Crippen LogP contribution < -0.4 is 5.32 Å². The first kappa shape index (κ1) is 17.2. The Morgan fingerprint density at radius 3 is 2.43 bits per heavy atom. The van der Waals surface area contributed by atoms with Crippen LogP contribution >= 0.6 is 0 Å². The topological polar surface area (TPSA) is 24.5 Å². The molecule has 0 aliphatic carbocycles. The number of nitrogens with zero attached hydrogens (tertiary/aromatic N) is 1. The molecule has 2 heterocycles. The average Bonchev–Trinajstić information content (AvgIpc) is 2.48. The summed E-state index contributed by atoms with van der Waals surface area (Å²) in [6.07, 6.45) is 6.63. The van der Waals surface area contributed by atoms with Gasteiger partial charge in [-0.3, -0.25) is 0 Å². The van der Waals surface area contributed by atoms with Crippen LogP contribution in [0.15, 0.2) is 0 Å². The maximum absolute atomic E-state index is 5.63. The number of nitrogens with one attached hydrogen (secondary N) is 1. The third kappa shape index (κ3) is 5.54. The van der Waals surface area contributed by atoms with E-state index in [0.29, 0.717) is 5.41 Å². The van der Waals surface area contributed by atoms with Gasteiger partial charge in [-0.2, -0.15) is 0 Å². The molecule has 0 saturated carbocycles. The smallest absolute Gasteiger partial charge is 0.0472 e. The zero-order valence-corrected chi connectivity index (χ0v) is 14.5. The SMILES string of the molecule is CCC1CCN(CC2(CNCC(C)C)CCOCC2)CC1. The Labute approximate surface area is 131 Å². The predicted molar refractivity (Wildman–Crippen MR) is 89.6 cm³/mol. The zero-order chi connectivity index (χ0) is 15.1. The molecule has 0 bridgehead atoms. The van der Waals surface area contributed by atoms with E-state index in [4.69, 9.17) is 4.74 Å². The van der Waals surface area contributed by atoms with Gasteiger partial charge in [0, 0.05) is 26.3 Å². The maximum Gasteiger partial charge on any atom is 0.0472 e. The van der Waals surface area contributed by atoms with Crippen molar-refractivity contribution >= 4 is 0 Å². The van der Waals surface area contributed by atoms with Crippen LogP contribution in [0.4, 0.5) is 0 Å². The van der Waals surface area contributed by atoms with E-state index in [9.17, 15) is 0 Å². The van der Waals surface area contributed by atoms with Crippen molar-refractivity contribution in [2.24, 2.45) is 17.3 Å². The van der Waals surface area contributed by atoms with Crippen LogP contribution in [0.1, 0.15) is 52.9 Å². The number of likely N-dealkylation sites (tertiary alicyclic amines) is 1. The summed E-state index contributed by atoms with van der Waals surface area (Å²) < 4.78 is 5.63. The molecule has 0 spiro atoms. The highest BCUT2D eigenvalue weighted by Crippen LogP contribution is 2.32. The van der Waals surface area contributed by atoms with Gasteiger partial charge in [-0.25, -0.2) is 0 Å². The Morgan fingerprint density at radius 2 is 1.86 bits per heavy atom. The highest BCUT2D eigenvalue weighted by atomic mass is 16.5. The fraction of sp³-hybridized carbons (Fsp3) is 1.00. The van der Waals surface area contributed by atoms with E-state index in [1.54, 1.807) is 0 Å². The summed E-state index contributed by atoms with van der Waals surface area (Å²) in [4.78, 5) is 2.73. The van der Waals surface area contributed by atoms with Crippen molar-refractivity contribution in [1.82, 2.24) is 10.2 Å². The van der Waals surface area contributed by atoms with Crippen molar-refractivity contribution in [1.29, 1.82) is 0 Å². The summed E-state index contributed by atoms with van der Waals surface area (Å²) in [5, 5.41) is 3.72. The van der Waals surface area contributed by atoms with Gasteiger partial charge in [-0.15, -0.1) is 0 Å². The molecule has 2 saturated heterocycles. The lowest BCUT2D eigenvalue weighted by molar-refractivity contribution is -0.00990. The first-order valence-corrected chi connectivity index (χ1v) is 9.14. The van der Waals surface area contributed by atoms with Gasteiger partial charge in [0.25, 0.3) is 0 Å². The van der Waals surface area contributed by atoms with Crippen LogP contribution in [0.3, 0.4) is 0 Å². The number of piperidine rings is 1. The molecule has 1 N–H and O–H groups in total. The van der Waals surface area contributed by atoms with Gasteiger partial charge in [-0.1, -0.05) is 27.2 Å². The Kier molecular flexibility index (Phi) is 6.97. The predicted octanol–water partition coefficient (Wildman–Crippen LogP) is 3.15. The number of hydrogen-bond donors (Lipinski definition) is 1. The van der Waals surface area contributed by atoms with Crippen molar-refractivity contribution in [3.05, 3.63) is 0 Å². The Bertz CT molecular complexity index is 279. The molecule has 124 valence electrons. The van der Waals surface area contributed by atoms with Gasteiger partial charge < -0.3 is 15.0 Å². The standard InChI is InChI=1S/C18H36N2O/c1-4-17-5-9-20(10-6-17)15-18(7-11-21-12-8-18)14-19-13-16(2)3/h16-17,19H,4-15H2,1-3H3. The molecular weight excluding hydrogens is 260 g/mol. The second kappa shape index (κ2) is 8.50. The number of ether oxygens (including phenoxy) is 1. The molecule has 0 aromatic carbocycles. The quantitative estimate of drug-likeness (QED) is 0.781. The van der Waals surface area contributed by atoms with Crippen LogP contribution in [0.5, 0.6) is 0 Å². The summed E-state index contributed by atoms with van der Waals surface area (Å²) in [5.41, 5.74) is 0.451. The van der Waals surface area contributed by atoms with Gasteiger partial charge in [0.05, 0.1) is 0 Å². The van der Waals surface area contributed by atoms with Crippen molar-refractivity contribution in [2.45, 2.75) is 52.9 Å². The molecule has 21 heavy (non-hydrogen) atoms. The Hall–Kier alpha value is -0.120. The van der Waals surface area contributed by atoms with E-state index < -0.39 is 0 Å². The molecule has 2 aliphatic heterocycles. The molecule has 0 radical (unpaired) electrons. The van der Waals surface area contributed by atoms with Gasteiger partial charge in [-0.05, 0) is 62.6 Å². The van der Waals surface area contributed by atoms with Crippen molar-refractivity contribution in [3.8, 4) is 0 Å². The van der Waals surface area contributed by atoms with Crippen molar-refractivity contribution in [2.75, 3.05) is 45.9 Å². The van der Waals surface area contributed by atoms with E-state index in [1.165, 1.54) is 58.3 Å². The highest BCUT2D eigenvalue weighted by molar-refractivity contribution is 4.88. The van der Waals surface area contributed by atoms with E-state index >= 15 is 0 Å². The summed E-state index contributed by atoms with van der Waals surface area (Å²) in [5.74, 6) is 1.72. The number of hydrogen-bond acceptors (Lipinski definition) is 3. The second-order valence-electron chi connectivity index (χ2n) is 7.76.